The largest absolute Gasteiger partial charge is 0.354 e. The van der Waals surface area contributed by atoms with Crippen molar-refractivity contribution in [3.63, 3.8) is 0 Å². The third-order valence-corrected chi connectivity index (χ3v) is 4.05. The highest BCUT2D eigenvalue weighted by Gasteiger charge is 2.16. The predicted molar refractivity (Wildman–Crippen MR) is 86.5 cm³/mol. The molecule has 1 aromatic carbocycles. The fourth-order valence-electron chi connectivity index (χ4n) is 2.80. The van der Waals surface area contributed by atoms with Crippen LogP contribution in [0, 0.1) is 6.92 Å². The summed E-state index contributed by atoms with van der Waals surface area (Å²) >= 11 is 0. The maximum Gasteiger partial charge on any atom is 0.128 e. The van der Waals surface area contributed by atoms with Gasteiger partial charge in [0, 0.05) is 31.9 Å². The zero-order valence-corrected chi connectivity index (χ0v) is 12.4. The van der Waals surface area contributed by atoms with Crippen LogP contribution in [0.1, 0.15) is 22.9 Å². The van der Waals surface area contributed by atoms with Gasteiger partial charge in [0.05, 0.1) is 6.04 Å². The van der Waals surface area contributed by atoms with Gasteiger partial charge in [-0.25, -0.2) is 4.98 Å². The summed E-state index contributed by atoms with van der Waals surface area (Å²) in [5.41, 5.74) is 9.62. The van der Waals surface area contributed by atoms with E-state index in [1.165, 1.54) is 0 Å². The highest BCUT2D eigenvalue weighted by atomic mass is 15.2. The molecule has 1 unspecified atom stereocenters. The lowest BCUT2D eigenvalue weighted by molar-refractivity contribution is 0.584. The minimum absolute atomic E-state index is 0.115. The standard InChI is InChI=1S/C17H22N4/c1-13-15(17(18)14-5-3-2-4-6-14)7-8-16(20-13)21-11-9-19-10-12-21/h2-8,17,19H,9-12,18H2,1H3. The van der Waals surface area contributed by atoms with Gasteiger partial charge >= 0.3 is 0 Å². The van der Waals surface area contributed by atoms with E-state index >= 15 is 0 Å². The Kier molecular flexibility index (Phi) is 4.18. The Labute approximate surface area is 126 Å². The molecule has 2 aromatic rings. The lowest BCUT2D eigenvalue weighted by atomic mass is 9.98. The molecule has 1 aliphatic heterocycles. The zero-order valence-electron chi connectivity index (χ0n) is 12.4. The van der Waals surface area contributed by atoms with Gasteiger partial charge in [-0.1, -0.05) is 36.4 Å². The van der Waals surface area contributed by atoms with Gasteiger partial charge < -0.3 is 16.0 Å². The fraction of sp³-hybridized carbons (Fsp3) is 0.353. The molecule has 2 heterocycles. The number of nitrogens with two attached hydrogens (primary N) is 1. The molecule has 0 amide bonds. The van der Waals surface area contributed by atoms with Crippen LogP contribution < -0.4 is 16.0 Å². The summed E-state index contributed by atoms with van der Waals surface area (Å²) in [4.78, 5) is 7.08. The first-order valence-electron chi connectivity index (χ1n) is 7.49. The van der Waals surface area contributed by atoms with E-state index in [2.05, 4.69) is 34.5 Å². The molecular formula is C17H22N4. The van der Waals surface area contributed by atoms with Gasteiger partial charge in [0.1, 0.15) is 5.82 Å². The van der Waals surface area contributed by atoms with E-state index in [-0.39, 0.29) is 6.04 Å². The predicted octanol–water partition coefficient (Wildman–Crippen LogP) is 1.85. The maximum atomic E-state index is 6.38. The van der Waals surface area contributed by atoms with Crippen LogP contribution in [0.4, 0.5) is 5.82 Å². The lowest BCUT2D eigenvalue weighted by Gasteiger charge is -2.29. The second kappa shape index (κ2) is 6.24. The minimum Gasteiger partial charge on any atom is -0.354 e. The normalized spacial score (nSPS) is 16.8. The Balaban J connectivity index is 1.84. The van der Waals surface area contributed by atoms with Gasteiger partial charge in [0.15, 0.2) is 0 Å². The summed E-state index contributed by atoms with van der Waals surface area (Å²) in [6.45, 7) is 6.11. The number of hydrogen-bond acceptors (Lipinski definition) is 4. The van der Waals surface area contributed by atoms with Crippen LogP contribution in [0.15, 0.2) is 42.5 Å². The summed E-state index contributed by atoms with van der Waals surface area (Å²) < 4.78 is 0. The summed E-state index contributed by atoms with van der Waals surface area (Å²) in [6.07, 6.45) is 0. The number of aryl methyl sites for hydroxylation is 1. The Morgan fingerprint density at radius 1 is 1.10 bits per heavy atom. The number of hydrogen-bond donors (Lipinski definition) is 2. The number of piperazine rings is 1. The highest BCUT2D eigenvalue weighted by molar-refractivity contribution is 5.44. The van der Waals surface area contributed by atoms with Gasteiger partial charge in [0.25, 0.3) is 0 Å². The topological polar surface area (TPSA) is 54.2 Å². The number of pyridine rings is 1. The molecule has 0 bridgehead atoms. The van der Waals surface area contributed by atoms with E-state index in [1.54, 1.807) is 0 Å². The molecular weight excluding hydrogens is 260 g/mol. The second-order valence-corrected chi connectivity index (χ2v) is 5.47. The van der Waals surface area contributed by atoms with Crippen LogP contribution in [0.2, 0.25) is 0 Å². The van der Waals surface area contributed by atoms with E-state index in [1.807, 2.05) is 25.1 Å². The molecule has 1 aromatic heterocycles. The number of benzene rings is 1. The van der Waals surface area contributed by atoms with E-state index in [9.17, 15) is 0 Å². The number of anilines is 1. The van der Waals surface area contributed by atoms with Crippen molar-refractivity contribution in [2.45, 2.75) is 13.0 Å². The highest BCUT2D eigenvalue weighted by Crippen LogP contribution is 2.24. The van der Waals surface area contributed by atoms with Crippen LogP contribution in [-0.2, 0) is 0 Å². The average Bonchev–Trinajstić information content (AvgIpc) is 2.56. The Morgan fingerprint density at radius 3 is 2.48 bits per heavy atom. The van der Waals surface area contributed by atoms with Gasteiger partial charge in [-0.15, -0.1) is 0 Å². The van der Waals surface area contributed by atoms with Gasteiger partial charge in [-0.2, -0.15) is 0 Å². The summed E-state index contributed by atoms with van der Waals surface area (Å²) in [5.74, 6) is 1.05. The maximum absolute atomic E-state index is 6.38. The monoisotopic (exact) mass is 282 g/mol. The van der Waals surface area contributed by atoms with Crippen molar-refractivity contribution in [2.24, 2.45) is 5.73 Å². The van der Waals surface area contributed by atoms with Gasteiger partial charge in [0.2, 0.25) is 0 Å². The van der Waals surface area contributed by atoms with Crippen molar-refractivity contribution in [2.75, 3.05) is 31.1 Å². The van der Waals surface area contributed by atoms with E-state index in [0.717, 1.165) is 48.8 Å². The van der Waals surface area contributed by atoms with Crippen LogP contribution in [0.5, 0.6) is 0 Å². The molecule has 0 radical (unpaired) electrons. The first kappa shape index (κ1) is 14.0. The second-order valence-electron chi connectivity index (χ2n) is 5.47. The minimum atomic E-state index is -0.115. The molecule has 21 heavy (non-hydrogen) atoms. The van der Waals surface area contributed by atoms with E-state index in [0.29, 0.717) is 0 Å². The molecule has 1 saturated heterocycles. The van der Waals surface area contributed by atoms with Crippen molar-refractivity contribution in [3.8, 4) is 0 Å². The molecule has 1 aliphatic rings. The smallest absolute Gasteiger partial charge is 0.128 e. The summed E-state index contributed by atoms with van der Waals surface area (Å²) in [5, 5.41) is 3.36. The summed E-state index contributed by atoms with van der Waals surface area (Å²) in [7, 11) is 0. The van der Waals surface area contributed by atoms with Crippen molar-refractivity contribution in [1.82, 2.24) is 10.3 Å². The first-order chi connectivity index (χ1) is 10.3. The van der Waals surface area contributed by atoms with Crippen molar-refractivity contribution in [3.05, 3.63) is 59.3 Å². The third-order valence-electron chi connectivity index (χ3n) is 4.05. The van der Waals surface area contributed by atoms with Crippen molar-refractivity contribution >= 4 is 5.82 Å². The number of aromatic nitrogens is 1. The first-order valence-corrected chi connectivity index (χ1v) is 7.49. The Bertz CT molecular complexity index is 591. The lowest BCUT2D eigenvalue weighted by Crippen LogP contribution is -2.44. The molecule has 0 aliphatic carbocycles. The number of nitrogens with zero attached hydrogens (tertiary/aromatic N) is 2. The molecule has 1 fully saturated rings. The molecule has 4 nitrogen and oxygen atoms in total. The quantitative estimate of drug-likeness (QED) is 0.902. The van der Waals surface area contributed by atoms with E-state index < -0.39 is 0 Å². The van der Waals surface area contributed by atoms with Crippen LogP contribution in [0.25, 0.3) is 0 Å². The Hall–Kier alpha value is -1.91. The number of nitrogens with one attached hydrogen (secondary N) is 1. The van der Waals surface area contributed by atoms with Crippen LogP contribution in [0.3, 0.4) is 0 Å². The zero-order chi connectivity index (χ0) is 14.7. The third kappa shape index (κ3) is 3.06. The van der Waals surface area contributed by atoms with Crippen LogP contribution in [-0.4, -0.2) is 31.2 Å². The SMILES string of the molecule is Cc1nc(N2CCNCC2)ccc1C(N)c1ccccc1. The summed E-state index contributed by atoms with van der Waals surface area (Å²) in [6, 6.07) is 14.3. The number of rotatable bonds is 3. The molecule has 0 spiro atoms. The molecule has 110 valence electrons. The van der Waals surface area contributed by atoms with Crippen LogP contribution >= 0.6 is 0 Å². The molecule has 3 N–H and O–H groups in total. The van der Waals surface area contributed by atoms with Crippen molar-refractivity contribution in [1.29, 1.82) is 0 Å². The van der Waals surface area contributed by atoms with E-state index in [4.69, 9.17) is 10.7 Å². The molecule has 0 saturated carbocycles. The fourth-order valence-corrected chi connectivity index (χ4v) is 2.80. The van der Waals surface area contributed by atoms with Gasteiger partial charge in [-0.3, -0.25) is 0 Å². The molecule has 1 atom stereocenters. The Morgan fingerprint density at radius 2 is 1.81 bits per heavy atom. The van der Waals surface area contributed by atoms with Gasteiger partial charge in [-0.05, 0) is 24.1 Å². The van der Waals surface area contributed by atoms with Crippen molar-refractivity contribution < 1.29 is 0 Å². The molecule has 3 rings (SSSR count). The molecule has 4 heteroatoms. The average molecular weight is 282 g/mol.